The first kappa shape index (κ1) is 22.1. The Morgan fingerprint density at radius 1 is 1.32 bits per heavy atom. The monoisotopic (exact) mass is 487 g/mol. The van der Waals surface area contributed by atoms with E-state index in [0.717, 1.165) is 42.5 Å². The molecule has 1 N–H and O–H groups in total. The number of ether oxygens (including phenoxy) is 1. The van der Waals surface area contributed by atoms with Crippen molar-refractivity contribution >= 4 is 33.1 Å². The molecule has 2 unspecified atom stereocenters. The first-order chi connectivity index (χ1) is 15.0. The minimum absolute atomic E-state index is 0.0825. The zero-order valence-corrected chi connectivity index (χ0v) is 19.2. The van der Waals surface area contributed by atoms with Gasteiger partial charge in [0, 0.05) is 24.0 Å². The second-order valence-electron chi connectivity index (χ2n) is 8.22. The van der Waals surface area contributed by atoms with Crippen LogP contribution in [0.2, 0.25) is 0 Å². The minimum Gasteiger partial charge on any atom is -0.379 e. The lowest BCUT2D eigenvalue weighted by Gasteiger charge is -2.32. The second-order valence-corrected chi connectivity index (χ2v) is 9.14. The van der Waals surface area contributed by atoms with Crippen LogP contribution in [0.15, 0.2) is 58.1 Å². The lowest BCUT2D eigenvalue weighted by molar-refractivity contribution is -0.111. The molecule has 2 aromatic rings. The molecule has 1 fully saturated rings. The van der Waals surface area contributed by atoms with Gasteiger partial charge in [0.25, 0.3) is 0 Å². The van der Waals surface area contributed by atoms with Crippen LogP contribution in [-0.4, -0.2) is 43.8 Å². The third kappa shape index (κ3) is 4.73. The molecule has 0 amide bonds. The van der Waals surface area contributed by atoms with Crippen molar-refractivity contribution in [1.82, 2.24) is 5.32 Å². The maximum Gasteiger partial charge on any atom is 0.176 e. The van der Waals surface area contributed by atoms with E-state index in [1.54, 1.807) is 24.1 Å². The fourth-order valence-corrected chi connectivity index (χ4v) is 4.94. The number of Topliss-reactive ketones (excluding diaryl/α,β-unsaturated/α-hetero) is 1. The third-order valence-electron chi connectivity index (χ3n) is 6.09. The van der Waals surface area contributed by atoms with Crippen LogP contribution in [0.1, 0.15) is 31.7 Å². The number of nitrogens with zero attached hydrogens (tertiary/aromatic N) is 2. The molecule has 0 bridgehead atoms. The van der Waals surface area contributed by atoms with Gasteiger partial charge in [-0.15, -0.1) is 0 Å². The number of carbonyl (C=O) groups excluding carboxylic acids is 1. The first-order valence-corrected chi connectivity index (χ1v) is 11.5. The molecule has 2 atom stereocenters. The van der Waals surface area contributed by atoms with Gasteiger partial charge in [0.15, 0.2) is 5.78 Å². The van der Waals surface area contributed by atoms with E-state index in [9.17, 15) is 9.18 Å². The molecule has 0 spiro atoms. The van der Waals surface area contributed by atoms with E-state index >= 15 is 0 Å². The highest BCUT2D eigenvalue weighted by molar-refractivity contribution is 9.10. The number of rotatable bonds is 7. The normalized spacial score (nSPS) is 23.6. The van der Waals surface area contributed by atoms with E-state index in [4.69, 9.17) is 4.74 Å². The summed E-state index contributed by atoms with van der Waals surface area (Å²) in [7, 11) is 0. The average molecular weight is 488 g/mol. The van der Waals surface area contributed by atoms with Gasteiger partial charge in [-0.25, -0.2) is 4.39 Å². The predicted octanol–water partition coefficient (Wildman–Crippen LogP) is 4.45. The lowest BCUT2D eigenvalue weighted by Crippen LogP contribution is -2.43. The molecule has 4 rings (SSSR count). The average Bonchev–Trinajstić information content (AvgIpc) is 3.18. The summed E-state index contributed by atoms with van der Waals surface area (Å²) in [5, 5.41) is 9.79. The van der Waals surface area contributed by atoms with E-state index in [-0.39, 0.29) is 11.6 Å². The molecular weight excluding hydrogens is 461 g/mol. The van der Waals surface area contributed by atoms with Crippen LogP contribution >= 0.6 is 15.9 Å². The summed E-state index contributed by atoms with van der Waals surface area (Å²) in [6.07, 6.45) is 2.60. The minimum atomic E-state index is -0.586. The van der Waals surface area contributed by atoms with Crippen LogP contribution in [-0.2, 0) is 14.9 Å². The zero-order chi connectivity index (χ0) is 21.8. The first-order valence-electron chi connectivity index (χ1n) is 10.7. The van der Waals surface area contributed by atoms with E-state index in [2.05, 4.69) is 26.3 Å². The van der Waals surface area contributed by atoms with Gasteiger partial charge in [-0.3, -0.25) is 9.80 Å². The summed E-state index contributed by atoms with van der Waals surface area (Å²) < 4.78 is 21.0. The molecule has 2 aromatic carbocycles. The van der Waals surface area contributed by atoms with Crippen molar-refractivity contribution in [2.24, 2.45) is 5.10 Å². The Hall–Kier alpha value is -2.09. The number of ketones is 1. The highest BCUT2D eigenvalue weighted by Crippen LogP contribution is 2.40. The SMILES string of the molecule is CC(=O)C1=NN(c2cc(Br)ccc2F)CC1(CCCC1COCCN1)c1ccccc1. The summed E-state index contributed by atoms with van der Waals surface area (Å²) in [5.74, 6) is -0.442. The van der Waals surface area contributed by atoms with E-state index in [1.807, 2.05) is 30.3 Å². The molecule has 5 nitrogen and oxygen atoms in total. The van der Waals surface area contributed by atoms with Gasteiger partial charge in [0.1, 0.15) is 11.5 Å². The Morgan fingerprint density at radius 2 is 2.13 bits per heavy atom. The molecule has 0 radical (unpaired) electrons. The van der Waals surface area contributed by atoms with Crippen LogP contribution < -0.4 is 10.3 Å². The number of hydrogen-bond donors (Lipinski definition) is 1. The molecule has 2 aliphatic rings. The van der Waals surface area contributed by atoms with E-state index in [0.29, 0.717) is 30.6 Å². The van der Waals surface area contributed by atoms with Gasteiger partial charge in [-0.05, 0) is 36.6 Å². The van der Waals surface area contributed by atoms with Crippen molar-refractivity contribution in [1.29, 1.82) is 0 Å². The molecule has 2 aliphatic heterocycles. The zero-order valence-electron chi connectivity index (χ0n) is 17.6. The molecule has 0 aliphatic carbocycles. The van der Waals surface area contributed by atoms with E-state index < -0.39 is 5.41 Å². The largest absolute Gasteiger partial charge is 0.379 e. The van der Waals surface area contributed by atoms with Crippen LogP contribution in [0.5, 0.6) is 0 Å². The Kier molecular flexibility index (Phi) is 6.84. The number of halogens is 2. The molecular formula is C24H27BrFN3O2. The Balaban J connectivity index is 1.66. The number of benzene rings is 2. The van der Waals surface area contributed by atoms with Gasteiger partial charge < -0.3 is 10.1 Å². The quantitative estimate of drug-likeness (QED) is 0.626. The summed E-state index contributed by atoms with van der Waals surface area (Å²) in [6, 6.07) is 15.1. The standard InChI is InChI=1S/C24H27BrFN3O2/c1-17(30)23-24(18-6-3-2-4-7-18,11-5-8-20-15-31-13-12-27-20)16-29(28-23)22-14-19(25)9-10-21(22)26/h2-4,6-7,9-10,14,20,27H,5,8,11-13,15-16H2,1H3. The van der Waals surface area contributed by atoms with Crippen molar-refractivity contribution in [2.45, 2.75) is 37.6 Å². The predicted molar refractivity (Wildman–Crippen MR) is 124 cm³/mol. The van der Waals surface area contributed by atoms with Crippen LogP contribution in [0.4, 0.5) is 10.1 Å². The van der Waals surface area contributed by atoms with Crippen molar-refractivity contribution in [2.75, 3.05) is 31.3 Å². The van der Waals surface area contributed by atoms with Crippen molar-refractivity contribution < 1.29 is 13.9 Å². The Labute approximate surface area is 190 Å². The fraction of sp³-hybridized carbons (Fsp3) is 0.417. The number of morpholine rings is 1. The maximum atomic E-state index is 14.7. The number of hydrogen-bond acceptors (Lipinski definition) is 5. The highest BCUT2D eigenvalue weighted by Gasteiger charge is 2.46. The summed E-state index contributed by atoms with van der Waals surface area (Å²) in [4.78, 5) is 12.7. The Bertz CT molecular complexity index is 963. The fourth-order valence-electron chi connectivity index (χ4n) is 4.59. The molecule has 1 saturated heterocycles. The lowest BCUT2D eigenvalue weighted by atomic mass is 9.71. The molecule has 164 valence electrons. The number of carbonyl (C=O) groups is 1. The summed E-state index contributed by atoms with van der Waals surface area (Å²) >= 11 is 3.42. The van der Waals surface area contributed by atoms with Crippen LogP contribution in [0.3, 0.4) is 0 Å². The molecule has 0 aromatic heterocycles. The summed E-state index contributed by atoms with van der Waals surface area (Å²) in [6.45, 7) is 4.30. The summed E-state index contributed by atoms with van der Waals surface area (Å²) in [5.41, 5.74) is 1.31. The molecule has 7 heteroatoms. The second kappa shape index (κ2) is 9.59. The highest BCUT2D eigenvalue weighted by atomic mass is 79.9. The van der Waals surface area contributed by atoms with Gasteiger partial charge in [-0.1, -0.05) is 52.7 Å². The number of hydrazone groups is 1. The Morgan fingerprint density at radius 3 is 2.84 bits per heavy atom. The van der Waals surface area contributed by atoms with Gasteiger partial charge >= 0.3 is 0 Å². The maximum absolute atomic E-state index is 14.7. The smallest absolute Gasteiger partial charge is 0.176 e. The van der Waals surface area contributed by atoms with Crippen molar-refractivity contribution in [3.8, 4) is 0 Å². The number of anilines is 1. The van der Waals surface area contributed by atoms with Crippen molar-refractivity contribution in [3.63, 3.8) is 0 Å². The van der Waals surface area contributed by atoms with Crippen LogP contribution in [0, 0.1) is 5.82 Å². The number of nitrogens with one attached hydrogen (secondary N) is 1. The van der Waals surface area contributed by atoms with Gasteiger partial charge in [0.2, 0.25) is 0 Å². The van der Waals surface area contributed by atoms with Crippen LogP contribution in [0.25, 0.3) is 0 Å². The van der Waals surface area contributed by atoms with Gasteiger partial charge in [-0.2, -0.15) is 5.10 Å². The van der Waals surface area contributed by atoms with Crippen molar-refractivity contribution in [3.05, 3.63) is 64.4 Å². The topological polar surface area (TPSA) is 53.9 Å². The molecule has 31 heavy (non-hydrogen) atoms. The van der Waals surface area contributed by atoms with E-state index in [1.165, 1.54) is 6.07 Å². The molecule has 2 heterocycles. The van der Waals surface area contributed by atoms with Gasteiger partial charge in [0.05, 0.1) is 30.9 Å². The molecule has 0 saturated carbocycles. The third-order valence-corrected chi connectivity index (χ3v) is 6.59.